The van der Waals surface area contributed by atoms with Crippen molar-refractivity contribution < 1.29 is 33.3 Å². The number of furan rings is 1. The predicted molar refractivity (Wildman–Crippen MR) is 166 cm³/mol. The van der Waals surface area contributed by atoms with E-state index >= 15 is 0 Å². The van der Waals surface area contributed by atoms with Crippen LogP contribution >= 0.6 is 34.7 Å². The average molecular weight is 671 g/mol. The second-order valence-electron chi connectivity index (χ2n) is 10.0. The number of nitrogens with two attached hydrogens (primary N) is 2. The Hall–Kier alpha value is -4.87. The number of halogens is 1. The Kier molecular flexibility index (Phi) is 7.98. The molecular weight excluding hydrogens is 646 g/mol. The highest BCUT2D eigenvalue weighted by Crippen LogP contribution is 2.40. The van der Waals surface area contributed by atoms with Crippen LogP contribution in [0.4, 0.5) is 5.13 Å². The number of hydrogen-bond acceptors (Lipinski definition) is 11. The summed E-state index contributed by atoms with van der Waals surface area (Å²) in [5.74, 6) is -1.68. The third-order valence-corrected chi connectivity index (χ3v) is 9.62. The van der Waals surface area contributed by atoms with Crippen LogP contribution in [0.3, 0.4) is 0 Å². The van der Waals surface area contributed by atoms with Crippen molar-refractivity contribution in [2.24, 2.45) is 10.9 Å². The monoisotopic (exact) mass is 670 g/mol. The number of nitrogen functional groups attached to an aromatic ring is 2. The number of nitrogens with zero attached hydrogens (tertiary/aromatic N) is 5. The lowest BCUT2D eigenvalue weighted by atomic mass is 10.0. The number of pyridine rings is 1. The van der Waals surface area contributed by atoms with Crippen molar-refractivity contribution >= 4 is 80.1 Å². The fourth-order valence-corrected chi connectivity index (χ4v) is 7.45. The number of hydrogen-bond donors (Lipinski definition) is 5. The van der Waals surface area contributed by atoms with Crippen LogP contribution in [0.2, 0.25) is 4.34 Å². The van der Waals surface area contributed by atoms with E-state index in [4.69, 9.17) is 37.7 Å². The van der Waals surface area contributed by atoms with Gasteiger partial charge in [-0.25, -0.2) is 14.3 Å². The maximum absolute atomic E-state index is 13.2. The fraction of sp³-hybridized carbons (Fsp3) is 0.222. The van der Waals surface area contributed by atoms with Crippen molar-refractivity contribution in [2.45, 2.75) is 24.5 Å². The molecule has 7 N–H and O–H groups in total. The number of carboxylic acids is 1. The summed E-state index contributed by atoms with van der Waals surface area (Å²) in [6.07, 6.45) is 7.07. The molecule has 0 radical (unpaired) electrons. The second kappa shape index (κ2) is 11.9. The van der Waals surface area contributed by atoms with Gasteiger partial charge in [0.1, 0.15) is 52.1 Å². The maximum Gasteiger partial charge on any atom is 0.352 e. The quantitative estimate of drug-likeness (QED) is 0.0536. The number of carbonyl (C=O) groups is 3. The Labute approximate surface area is 267 Å². The molecule has 2 amide bonds. The molecule has 0 spiro atoms. The molecule has 2 aliphatic rings. The normalized spacial score (nSPS) is 18.1. The van der Waals surface area contributed by atoms with E-state index in [-0.39, 0.29) is 39.0 Å². The van der Waals surface area contributed by atoms with Gasteiger partial charge in [-0.1, -0.05) is 28.1 Å². The van der Waals surface area contributed by atoms with Crippen LogP contribution < -0.4 is 21.4 Å². The van der Waals surface area contributed by atoms with Gasteiger partial charge < -0.3 is 35.7 Å². The zero-order valence-corrected chi connectivity index (χ0v) is 25.8. The first-order valence-electron chi connectivity index (χ1n) is 13.2. The van der Waals surface area contributed by atoms with Gasteiger partial charge in [0.2, 0.25) is 0 Å². The molecule has 0 aliphatic carbocycles. The minimum absolute atomic E-state index is 0.0132. The first kappa shape index (κ1) is 30.2. The lowest BCUT2D eigenvalue weighted by molar-refractivity contribution is -0.687. The zero-order chi connectivity index (χ0) is 32.0. The molecule has 1 fully saturated rings. The number of amides is 2. The number of aliphatic carboxylic acids is 1. The van der Waals surface area contributed by atoms with E-state index < -0.39 is 29.2 Å². The van der Waals surface area contributed by atoms with Gasteiger partial charge in [0.05, 0.1) is 23.0 Å². The number of β-lactam (4-membered cyclic amide) rings is 1. The Morgan fingerprint density at radius 2 is 2.20 bits per heavy atom. The van der Waals surface area contributed by atoms with Crippen LogP contribution in [0, 0.1) is 5.41 Å². The van der Waals surface area contributed by atoms with Gasteiger partial charge in [-0.05, 0) is 12.1 Å². The summed E-state index contributed by atoms with van der Waals surface area (Å²) >= 11 is 8.44. The molecule has 4 aromatic heterocycles. The Bertz CT molecular complexity index is 1950. The van der Waals surface area contributed by atoms with Gasteiger partial charge in [-0.15, -0.1) is 11.8 Å². The number of oxime groups is 1. The minimum Gasteiger partial charge on any atom is -0.477 e. The highest BCUT2D eigenvalue weighted by molar-refractivity contribution is 8.00. The summed E-state index contributed by atoms with van der Waals surface area (Å²) in [5, 5.41) is 24.4. The Morgan fingerprint density at radius 3 is 2.87 bits per heavy atom. The molecular formula is C27H25ClN9O6S2+. The van der Waals surface area contributed by atoms with Crippen molar-refractivity contribution in [3.63, 3.8) is 0 Å². The number of amidine groups is 1. The van der Waals surface area contributed by atoms with Crippen LogP contribution in [-0.4, -0.2) is 73.2 Å². The molecule has 0 aromatic carbocycles. The zero-order valence-electron chi connectivity index (χ0n) is 23.4. The van der Waals surface area contributed by atoms with Gasteiger partial charge in [-0.2, -0.15) is 0 Å². The molecule has 15 nitrogen and oxygen atoms in total. The molecule has 0 saturated carbocycles. The standard InChI is InChI=1S/C27H24ClN9O6S2/c1-42-34-18(17-21(28)45-27(31)33-17)23(38)32-19-24(39)37-20(26(40)41)14(11-44-25(19)37)8-35-4-3-16-12(7-35)2-5-36(16)9-15-6-13(10-43-15)22(29)30/h2-7,10,19,25H,8-9,11H2,1H3,(H6-,29,30,31,32,33,38,40,41)/p+1/t19-,25-/m1/s1. The Morgan fingerprint density at radius 1 is 1.40 bits per heavy atom. The number of carboxylic acid groups (broad SMARTS) is 1. The third kappa shape index (κ3) is 5.60. The lowest BCUT2D eigenvalue weighted by Gasteiger charge is -2.49. The molecule has 45 heavy (non-hydrogen) atoms. The van der Waals surface area contributed by atoms with E-state index in [0.717, 1.165) is 22.2 Å². The van der Waals surface area contributed by atoms with Crippen molar-refractivity contribution in [2.75, 3.05) is 18.6 Å². The summed E-state index contributed by atoms with van der Waals surface area (Å²) in [4.78, 5) is 48.7. The van der Waals surface area contributed by atoms with Gasteiger partial charge in [-0.3, -0.25) is 19.9 Å². The summed E-state index contributed by atoms with van der Waals surface area (Å²) in [7, 11) is 1.24. The molecule has 4 aromatic rings. The molecule has 18 heteroatoms. The fourth-order valence-electron chi connectivity index (χ4n) is 5.18. The highest BCUT2D eigenvalue weighted by Gasteiger charge is 2.55. The van der Waals surface area contributed by atoms with Crippen molar-refractivity contribution in [3.8, 4) is 0 Å². The Balaban J connectivity index is 1.18. The molecule has 0 bridgehead atoms. The van der Waals surface area contributed by atoms with E-state index in [0.29, 0.717) is 29.2 Å². The molecule has 1 saturated heterocycles. The third-order valence-electron chi connectivity index (χ3n) is 7.19. The van der Waals surface area contributed by atoms with Crippen molar-refractivity contribution in [3.05, 3.63) is 75.7 Å². The van der Waals surface area contributed by atoms with Gasteiger partial charge in [0.25, 0.3) is 11.8 Å². The smallest absolute Gasteiger partial charge is 0.352 e. The highest BCUT2D eigenvalue weighted by atomic mass is 35.5. The molecule has 6 heterocycles. The van der Waals surface area contributed by atoms with E-state index in [1.165, 1.54) is 30.0 Å². The number of nitrogens with one attached hydrogen (secondary N) is 2. The largest absolute Gasteiger partial charge is 0.477 e. The molecule has 2 aliphatic heterocycles. The summed E-state index contributed by atoms with van der Waals surface area (Å²) in [6, 6.07) is 4.56. The van der Waals surface area contributed by atoms with E-state index in [2.05, 4.69) is 15.5 Å². The molecule has 0 unspecified atom stereocenters. The maximum atomic E-state index is 13.2. The van der Waals surface area contributed by atoms with Gasteiger partial charge in [0, 0.05) is 23.6 Å². The molecule has 232 valence electrons. The number of fused-ring (bicyclic) bond motifs is 2. The van der Waals surface area contributed by atoms with Gasteiger partial charge >= 0.3 is 5.97 Å². The number of thiazole rings is 1. The SMILES string of the molecule is CON=C(C(=O)N[C@@H]1C(=O)N2C(C(=O)O)=C(C[n+]3ccc4c(ccn4Cc4cc(C(=N)N)co4)c3)CS[C@H]12)c1nc(N)sc1Cl. The van der Waals surface area contributed by atoms with Gasteiger partial charge in [0.15, 0.2) is 29.8 Å². The van der Waals surface area contributed by atoms with Crippen molar-refractivity contribution in [1.29, 1.82) is 5.41 Å². The van der Waals surface area contributed by atoms with Crippen molar-refractivity contribution in [1.82, 2.24) is 19.8 Å². The lowest BCUT2D eigenvalue weighted by Crippen LogP contribution is -2.71. The average Bonchev–Trinajstić information content (AvgIpc) is 3.72. The van der Waals surface area contributed by atoms with E-state index in [1.807, 2.05) is 39.9 Å². The number of anilines is 1. The number of carbonyl (C=O) groups excluding carboxylic acids is 2. The first-order chi connectivity index (χ1) is 21.5. The summed E-state index contributed by atoms with van der Waals surface area (Å²) in [5.41, 5.74) is 12.8. The summed E-state index contributed by atoms with van der Waals surface area (Å²) < 4.78 is 9.49. The first-order valence-corrected chi connectivity index (χ1v) is 15.4. The number of thioether (sulfide) groups is 1. The van der Waals surface area contributed by atoms with Crippen LogP contribution in [0.1, 0.15) is 17.0 Å². The molecule has 2 atom stereocenters. The second-order valence-corrected chi connectivity index (χ2v) is 12.8. The number of rotatable bonds is 10. The van der Waals surface area contributed by atoms with E-state index in [1.54, 1.807) is 6.07 Å². The topological polar surface area (TPSA) is 219 Å². The van der Waals surface area contributed by atoms with Crippen LogP contribution in [-0.2, 0) is 32.3 Å². The predicted octanol–water partition coefficient (Wildman–Crippen LogP) is 1.34. The van der Waals surface area contributed by atoms with Crippen LogP contribution in [0.15, 0.2) is 63.9 Å². The minimum atomic E-state index is -1.24. The summed E-state index contributed by atoms with van der Waals surface area (Å²) in [6.45, 7) is 0.670. The van der Waals surface area contributed by atoms with Crippen LogP contribution in [0.25, 0.3) is 10.9 Å². The van der Waals surface area contributed by atoms with E-state index in [9.17, 15) is 19.5 Å². The molecule has 6 rings (SSSR count). The van der Waals surface area contributed by atoms with Crippen LogP contribution in [0.5, 0.6) is 0 Å². The number of aromatic nitrogens is 3.